The van der Waals surface area contributed by atoms with Crippen LogP contribution < -0.4 is 0 Å². The number of fused-ring (bicyclic) bond motifs is 2. The predicted molar refractivity (Wildman–Crippen MR) is 101 cm³/mol. The van der Waals surface area contributed by atoms with Crippen molar-refractivity contribution < 1.29 is 25.8 Å². The van der Waals surface area contributed by atoms with Crippen LogP contribution in [-0.4, -0.2) is 0 Å². The average Bonchev–Trinajstić information content (AvgIpc) is 3.04. The van der Waals surface area contributed by atoms with Crippen LogP contribution in [0.5, 0.6) is 0 Å². The fourth-order valence-corrected chi connectivity index (χ4v) is 3.96. The van der Waals surface area contributed by atoms with Crippen LogP contribution in [0.4, 0.5) is 0 Å². The van der Waals surface area contributed by atoms with E-state index in [0.29, 0.717) is 11.3 Å². The Labute approximate surface area is 163 Å². The van der Waals surface area contributed by atoms with Crippen LogP contribution in [0.1, 0.15) is 69.6 Å². The molecule has 0 bridgehead atoms. The van der Waals surface area contributed by atoms with Gasteiger partial charge in [-0.3, -0.25) is 0 Å². The van der Waals surface area contributed by atoms with Crippen molar-refractivity contribution in [2.75, 3.05) is 0 Å². The molecular weight excluding hydrogens is 443 g/mol. The van der Waals surface area contributed by atoms with E-state index in [-0.39, 0.29) is 40.7 Å². The summed E-state index contributed by atoms with van der Waals surface area (Å²) in [4.78, 5) is 0. The Kier molecular flexibility index (Phi) is 8.58. The summed E-state index contributed by atoms with van der Waals surface area (Å²) in [6.45, 7) is 9.36. The van der Waals surface area contributed by atoms with Gasteiger partial charge in [-0.2, -0.15) is 6.07 Å². The Morgan fingerprint density at radius 2 is 1.61 bits per heavy atom. The molecule has 0 amide bonds. The Morgan fingerprint density at radius 3 is 2.13 bits per heavy atom. The summed E-state index contributed by atoms with van der Waals surface area (Å²) in [7, 11) is 0. The number of hydrogen-bond acceptors (Lipinski definition) is 0. The van der Waals surface area contributed by atoms with E-state index in [2.05, 4.69) is 52.0 Å². The Bertz CT molecular complexity index is 616. The van der Waals surface area contributed by atoms with Crippen molar-refractivity contribution in [2.24, 2.45) is 5.41 Å². The summed E-state index contributed by atoms with van der Waals surface area (Å²) < 4.78 is 0. The van der Waals surface area contributed by atoms with Crippen LogP contribution >= 0.6 is 0 Å². The topological polar surface area (TPSA) is 0 Å². The van der Waals surface area contributed by atoms with Gasteiger partial charge in [-0.15, -0.1) is 34.5 Å². The van der Waals surface area contributed by atoms with Gasteiger partial charge in [0.05, 0.1) is 0 Å². The quantitative estimate of drug-likeness (QED) is 0.334. The molecule has 3 rings (SSSR count). The van der Waals surface area contributed by atoms with Crippen LogP contribution in [0.25, 0.3) is 10.8 Å². The zero-order valence-electron chi connectivity index (χ0n) is 15.9. The minimum Gasteiger partial charge on any atom is -0.358 e. The third-order valence-electron chi connectivity index (χ3n) is 5.90. The van der Waals surface area contributed by atoms with Gasteiger partial charge in [-0.25, -0.2) is 0 Å². The molecule has 128 valence electrons. The van der Waals surface area contributed by atoms with E-state index in [1.165, 1.54) is 42.9 Å². The van der Waals surface area contributed by atoms with Gasteiger partial charge in [-0.1, -0.05) is 51.2 Å². The summed E-state index contributed by atoms with van der Waals surface area (Å²) in [5, 5.41) is 2.98. The van der Waals surface area contributed by atoms with Crippen LogP contribution in [0.15, 0.2) is 24.3 Å². The molecule has 0 nitrogen and oxygen atoms in total. The fourth-order valence-electron chi connectivity index (χ4n) is 3.96. The van der Waals surface area contributed by atoms with Crippen molar-refractivity contribution in [2.45, 2.75) is 65.7 Å². The molecule has 1 heteroatoms. The summed E-state index contributed by atoms with van der Waals surface area (Å²) >= 11 is 0. The molecule has 0 heterocycles. The summed E-state index contributed by atoms with van der Waals surface area (Å²) in [6, 6.07) is 9.67. The first-order chi connectivity index (χ1) is 9.62. The largest absolute Gasteiger partial charge is 0.358 e. The van der Waals surface area contributed by atoms with Crippen LogP contribution in [0.3, 0.4) is 0 Å². The maximum absolute atomic E-state index is 2.51. The maximum atomic E-state index is 2.51. The molecular formula is C22H33Hf-3. The van der Waals surface area contributed by atoms with Gasteiger partial charge in [0.2, 0.25) is 0 Å². The molecule has 0 saturated carbocycles. The molecule has 0 radical (unpaired) electrons. The predicted octanol–water partition coefficient (Wildman–Crippen LogP) is 6.88. The molecule has 1 unspecified atom stereocenters. The summed E-state index contributed by atoms with van der Waals surface area (Å²) in [5.74, 6) is 0.675. The number of hydrogen-bond donors (Lipinski definition) is 0. The minimum atomic E-state index is 0. The second kappa shape index (κ2) is 8.70. The SMILES string of the molecule is CCC(C)[c-]1ccc2cc3c(cc21)CC(CC)(CC)C3.[CH3-].[CH3-].[Hf]. The Hall–Kier alpha value is -0.300. The maximum Gasteiger partial charge on any atom is 0 e. The van der Waals surface area contributed by atoms with E-state index in [9.17, 15) is 0 Å². The van der Waals surface area contributed by atoms with Gasteiger partial charge in [0.15, 0.2) is 0 Å². The Morgan fingerprint density at radius 1 is 1.04 bits per heavy atom. The monoisotopic (exact) mass is 477 g/mol. The first kappa shape index (κ1) is 22.7. The first-order valence-electron chi connectivity index (χ1n) is 8.33. The molecule has 0 aliphatic heterocycles. The van der Waals surface area contributed by atoms with Gasteiger partial charge >= 0.3 is 0 Å². The second-order valence-corrected chi connectivity index (χ2v) is 6.87. The molecule has 0 saturated heterocycles. The molecule has 2 aromatic carbocycles. The smallest absolute Gasteiger partial charge is 0 e. The number of benzene rings is 1. The van der Waals surface area contributed by atoms with Crippen molar-refractivity contribution in [3.63, 3.8) is 0 Å². The van der Waals surface area contributed by atoms with Gasteiger partial charge < -0.3 is 14.9 Å². The van der Waals surface area contributed by atoms with Crippen molar-refractivity contribution >= 4 is 10.8 Å². The minimum absolute atomic E-state index is 0. The van der Waals surface area contributed by atoms with Gasteiger partial charge in [0.25, 0.3) is 0 Å². The third-order valence-corrected chi connectivity index (χ3v) is 5.90. The molecule has 2 aromatic rings. The van der Waals surface area contributed by atoms with Crippen molar-refractivity contribution in [3.05, 3.63) is 55.8 Å². The normalized spacial score (nSPS) is 16.0. The molecule has 0 N–H and O–H groups in total. The van der Waals surface area contributed by atoms with Gasteiger partial charge in [-0.05, 0) is 31.1 Å². The third kappa shape index (κ3) is 3.86. The molecule has 0 aromatic heterocycles. The summed E-state index contributed by atoms with van der Waals surface area (Å²) in [6.07, 6.45) is 6.41. The molecule has 1 aliphatic rings. The zero-order valence-corrected chi connectivity index (χ0v) is 19.5. The number of rotatable bonds is 4. The van der Waals surface area contributed by atoms with E-state index in [1.807, 2.05) is 0 Å². The van der Waals surface area contributed by atoms with E-state index < -0.39 is 0 Å². The summed E-state index contributed by atoms with van der Waals surface area (Å²) in [5.41, 5.74) is 5.33. The van der Waals surface area contributed by atoms with Gasteiger partial charge in [0.1, 0.15) is 0 Å². The van der Waals surface area contributed by atoms with E-state index in [0.717, 1.165) is 0 Å². The van der Waals surface area contributed by atoms with Gasteiger partial charge in [0, 0.05) is 25.8 Å². The second-order valence-electron chi connectivity index (χ2n) is 6.87. The molecule has 23 heavy (non-hydrogen) atoms. The zero-order chi connectivity index (χ0) is 14.3. The van der Waals surface area contributed by atoms with Crippen molar-refractivity contribution in [1.82, 2.24) is 0 Å². The molecule has 0 fully saturated rings. The van der Waals surface area contributed by atoms with Crippen molar-refractivity contribution in [3.8, 4) is 0 Å². The van der Waals surface area contributed by atoms with Crippen molar-refractivity contribution in [1.29, 1.82) is 0 Å². The van der Waals surface area contributed by atoms with Crippen LogP contribution in [0.2, 0.25) is 0 Å². The Balaban J connectivity index is 0.00000161. The molecule has 1 aliphatic carbocycles. The van der Waals surface area contributed by atoms with E-state index in [1.54, 1.807) is 16.7 Å². The van der Waals surface area contributed by atoms with E-state index >= 15 is 0 Å². The average molecular weight is 476 g/mol. The fraction of sp³-hybridized carbons (Fsp3) is 0.500. The first-order valence-corrected chi connectivity index (χ1v) is 8.33. The van der Waals surface area contributed by atoms with E-state index in [4.69, 9.17) is 0 Å². The molecule has 0 spiro atoms. The standard InChI is InChI=1S/C20H27.2CH3.Hf/c1-5-14(4)18-9-8-15-10-16-12-20(6-2,7-3)13-17(16)11-19(15)18;;;/h8-11,14H,5-7,12-13H2,1-4H3;2*1H3;/q3*-1;. The van der Waals surface area contributed by atoms with Crippen LogP contribution in [-0.2, 0) is 38.7 Å². The molecule has 1 atom stereocenters. The van der Waals surface area contributed by atoms with Crippen LogP contribution in [0, 0.1) is 20.3 Å².